The molecule has 1 saturated heterocycles. The van der Waals surface area contributed by atoms with Crippen LogP contribution in [-0.2, 0) is 6.54 Å². The normalized spacial score (nSPS) is 15.5. The molecule has 3 aromatic carbocycles. The Hall–Kier alpha value is -3.29. The molecule has 4 aromatic rings. The summed E-state index contributed by atoms with van der Waals surface area (Å²) >= 11 is 6.36. The predicted molar refractivity (Wildman–Crippen MR) is 130 cm³/mol. The topological polar surface area (TPSA) is 59.5 Å². The van der Waals surface area contributed by atoms with Crippen molar-refractivity contribution < 1.29 is 22.4 Å². The highest BCUT2D eigenvalue weighted by Gasteiger charge is 2.35. The second-order valence-corrected chi connectivity index (χ2v) is 9.12. The summed E-state index contributed by atoms with van der Waals surface area (Å²) in [5.41, 5.74) is 9.80. The highest BCUT2D eigenvalue weighted by molar-refractivity contribution is 6.33. The van der Waals surface area contributed by atoms with E-state index in [-0.39, 0.29) is 43.4 Å². The molecule has 1 aromatic heterocycles. The first-order valence-electron chi connectivity index (χ1n) is 11.2. The number of alkyl halides is 2. The van der Waals surface area contributed by atoms with Crippen molar-refractivity contribution in [3.8, 4) is 22.3 Å². The van der Waals surface area contributed by atoms with E-state index < -0.39 is 11.7 Å². The van der Waals surface area contributed by atoms with E-state index in [0.717, 1.165) is 16.5 Å². The van der Waals surface area contributed by atoms with Crippen LogP contribution in [0.3, 0.4) is 0 Å². The predicted octanol–water partition coefficient (Wildman–Crippen LogP) is 6.89. The van der Waals surface area contributed by atoms with E-state index in [1.165, 1.54) is 17.0 Å². The zero-order valence-electron chi connectivity index (χ0n) is 18.7. The second-order valence-electron chi connectivity index (χ2n) is 8.71. The summed E-state index contributed by atoms with van der Waals surface area (Å²) in [5.74, 6) is -2.80. The third kappa shape index (κ3) is 4.66. The number of likely N-dealkylation sites (tertiary alicyclic amines) is 1. The SMILES string of the molecule is NCc1cc2cc(-c3ccc(C(=O)N4CCC(F)(F)CC4)cc3)cc(-c3ccc(F)cc3Cl)c2o1. The van der Waals surface area contributed by atoms with Gasteiger partial charge in [0.25, 0.3) is 11.8 Å². The smallest absolute Gasteiger partial charge is 0.253 e. The van der Waals surface area contributed by atoms with Gasteiger partial charge in [-0.1, -0.05) is 23.7 Å². The van der Waals surface area contributed by atoms with Crippen LogP contribution in [0.4, 0.5) is 13.2 Å². The van der Waals surface area contributed by atoms with E-state index >= 15 is 0 Å². The number of piperidine rings is 1. The monoisotopic (exact) mass is 498 g/mol. The van der Waals surface area contributed by atoms with Gasteiger partial charge in [0.2, 0.25) is 0 Å². The minimum Gasteiger partial charge on any atom is -0.459 e. The van der Waals surface area contributed by atoms with Crippen LogP contribution in [0, 0.1) is 5.82 Å². The molecule has 0 aliphatic carbocycles. The highest BCUT2D eigenvalue weighted by Crippen LogP contribution is 2.39. The molecule has 5 rings (SSSR count). The zero-order chi connectivity index (χ0) is 24.7. The Morgan fingerprint density at radius 2 is 1.69 bits per heavy atom. The number of carbonyl (C=O) groups excluding carboxylic acids is 1. The van der Waals surface area contributed by atoms with Crippen LogP contribution in [0.2, 0.25) is 5.02 Å². The number of carbonyl (C=O) groups is 1. The number of hydrogen-bond acceptors (Lipinski definition) is 3. The van der Waals surface area contributed by atoms with Gasteiger partial charge in [0.15, 0.2) is 0 Å². The van der Waals surface area contributed by atoms with Crippen molar-refractivity contribution in [2.45, 2.75) is 25.3 Å². The lowest BCUT2D eigenvalue weighted by atomic mass is 9.96. The number of nitrogens with zero attached hydrogens (tertiary/aromatic N) is 1. The third-order valence-electron chi connectivity index (χ3n) is 6.34. The number of benzene rings is 3. The summed E-state index contributed by atoms with van der Waals surface area (Å²) in [4.78, 5) is 14.3. The molecular weight excluding hydrogens is 477 g/mol. The fourth-order valence-electron chi connectivity index (χ4n) is 4.41. The number of rotatable bonds is 4. The Morgan fingerprint density at radius 1 is 0.971 bits per heavy atom. The Labute approximate surface area is 205 Å². The molecule has 0 spiro atoms. The quantitative estimate of drug-likeness (QED) is 0.333. The van der Waals surface area contributed by atoms with Gasteiger partial charge in [-0.3, -0.25) is 4.79 Å². The third-order valence-corrected chi connectivity index (χ3v) is 6.65. The van der Waals surface area contributed by atoms with Crippen molar-refractivity contribution in [3.05, 3.63) is 82.8 Å². The average molecular weight is 499 g/mol. The molecule has 0 unspecified atom stereocenters. The van der Waals surface area contributed by atoms with E-state index in [9.17, 15) is 18.0 Å². The number of amides is 1. The fraction of sp³-hybridized carbons (Fsp3) is 0.222. The molecular formula is C27H22ClF3N2O2. The second kappa shape index (κ2) is 9.06. The van der Waals surface area contributed by atoms with Gasteiger partial charge in [-0.15, -0.1) is 0 Å². The summed E-state index contributed by atoms with van der Waals surface area (Å²) in [6, 6.07) is 16.9. The lowest BCUT2D eigenvalue weighted by Gasteiger charge is -2.31. The van der Waals surface area contributed by atoms with Crippen molar-refractivity contribution in [3.63, 3.8) is 0 Å². The van der Waals surface area contributed by atoms with Gasteiger partial charge in [-0.25, -0.2) is 13.2 Å². The standard InChI is InChI=1S/C27H22ClF3N2O2/c28-24-14-20(29)5-6-22(24)23-13-18(11-19-12-21(15-32)35-25(19)23)16-1-3-17(4-2-16)26(34)33-9-7-27(30,31)8-10-33/h1-6,11-14H,7-10,15,32H2. The Morgan fingerprint density at radius 3 is 2.34 bits per heavy atom. The van der Waals surface area contributed by atoms with Gasteiger partial charge in [-0.2, -0.15) is 0 Å². The molecule has 0 atom stereocenters. The van der Waals surface area contributed by atoms with Crippen LogP contribution >= 0.6 is 11.6 Å². The van der Waals surface area contributed by atoms with E-state index in [1.54, 1.807) is 18.2 Å². The fourth-order valence-corrected chi connectivity index (χ4v) is 4.68. The maximum Gasteiger partial charge on any atom is 0.253 e. The van der Waals surface area contributed by atoms with Crippen LogP contribution in [0.25, 0.3) is 33.2 Å². The Bertz CT molecular complexity index is 1410. The molecule has 0 saturated carbocycles. The summed E-state index contributed by atoms with van der Waals surface area (Å²) in [5, 5.41) is 1.06. The van der Waals surface area contributed by atoms with Crippen LogP contribution in [0.5, 0.6) is 0 Å². The van der Waals surface area contributed by atoms with Crippen molar-refractivity contribution in [1.29, 1.82) is 0 Å². The van der Waals surface area contributed by atoms with Crippen LogP contribution in [0.1, 0.15) is 29.0 Å². The van der Waals surface area contributed by atoms with E-state index in [2.05, 4.69) is 0 Å². The molecule has 1 amide bonds. The largest absolute Gasteiger partial charge is 0.459 e. The van der Waals surface area contributed by atoms with Crippen molar-refractivity contribution in [1.82, 2.24) is 4.90 Å². The summed E-state index contributed by atoms with van der Waals surface area (Å²) in [6.07, 6.45) is -0.637. The van der Waals surface area contributed by atoms with E-state index in [4.69, 9.17) is 21.8 Å². The van der Waals surface area contributed by atoms with E-state index in [0.29, 0.717) is 28.0 Å². The minimum absolute atomic E-state index is 0.0377. The molecule has 4 nitrogen and oxygen atoms in total. The summed E-state index contributed by atoms with van der Waals surface area (Å²) in [7, 11) is 0. The number of halogens is 4. The molecule has 8 heteroatoms. The summed E-state index contributed by atoms with van der Waals surface area (Å²) < 4.78 is 46.5. The number of nitrogens with two attached hydrogens (primary N) is 1. The van der Waals surface area contributed by atoms with Gasteiger partial charge < -0.3 is 15.1 Å². The lowest BCUT2D eigenvalue weighted by Crippen LogP contribution is -2.42. The molecule has 1 fully saturated rings. The molecule has 2 N–H and O–H groups in total. The van der Waals surface area contributed by atoms with Crippen LogP contribution < -0.4 is 5.73 Å². The molecule has 1 aliphatic heterocycles. The van der Waals surface area contributed by atoms with Gasteiger partial charge in [-0.05, 0) is 59.7 Å². The average Bonchev–Trinajstić information content (AvgIpc) is 3.27. The lowest BCUT2D eigenvalue weighted by molar-refractivity contribution is -0.0494. The molecule has 0 bridgehead atoms. The molecule has 0 radical (unpaired) electrons. The molecule has 2 heterocycles. The number of fused-ring (bicyclic) bond motifs is 1. The van der Waals surface area contributed by atoms with Crippen molar-refractivity contribution in [2.24, 2.45) is 5.73 Å². The number of furan rings is 1. The Balaban J connectivity index is 1.50. The van der Waals surface area contributed by atoms with Crippen LogP contribution in [0.15, 0.2) is 65.1 Å². The molecule has 180 valence electrons. The first-order chi connectivity index (χ1) is 16.7. The van der Waals surface area contributed by atoms with Gasteiger partial charge in [0, 0.05) is 48.0 Å². The van der Waals surface area contributed by atoms with Gasteiger partial charge in [0.1, 0.15) is 17.2 Å². The first kappa shape index (κ1) is 23.5. The van der Waals surface area contributed by atoms with Crippen LogP contribution in [-0.4, -0.2) is 29.8 Å². The highest BCUT2D eigenvalue weighted by atomic mass is 35.5. The van der Waals surface area contributed by atoms with Gasteiger partial charge in [0.05, 0.1) is 11.6 Å². The Kier molecular flexibility index (Phi) is 6.07. The summed E-state index contributed by atoms with van der Waals surface area (Å²) in [6.45, 7) is 0.297. The maximum absolute atomic E-state index is 13.7. The number of hydrogen-bond donors (Lipinski definition) is 1. The molecule has 35 heavy (non-hydrogen) atoms. The van der Waals surface area contributed by atoms with Gasteiger partial charge >= 0.3 is 0 Å². The maximum atomic E-state index is 13.7. The minimum atomic E-state index is -2.71. The van der Waals surface area contributed by atoms with Crippen molar-refractivity contribution in [2.75, 3.05) is 13.1 Å². The van der Waals surface area contributed by atoms with E-state index in [1.807, 2.05) is 30.3 Å². The first-order valence-corrected chi connectivity index (χ1v) is 11.6. The van der Waals surface area contributed by atoms with Crippen molar-refractivity contribution >= 4 is 28.5 Å². The zero-order valence-corrected chi connectivity index (χ0v) is 19.4. The molecule has 1 aliphatic rings.